The molecule has 0 aliphatic heterocycles. The van der Waals surface area contributed by atoms with E-state index in [1.165, 1.54) is 18.5 Å². The summed E-state index contributed by atoms with van der Waals surface area (Å²) in [6.07, 6.45) is 3.78. The summed E-state index contributed by atoms with van der Waals surface area (Å²) in [6.45, 7) is 7.08. The second-order valence-corrected chi connectivity index (χ2v) is 5.98. The van der Waals surface area contributed by atoms with Gasteiger partial charge in [-0.1, -0.05) is 13.8 Å². The number of sulfonamides is 1. The molecular weight excluding hydrogens is 264 g/mol. The second-order valence-electron chi connectivity index (χ2n) is 4.25. The number of pyridine rings is 1. The Morgan fingerprint density at radius 1 is 1.37 bits per heavy atom. The molecular formula is C12H22N4O2S. The van der Waals surface area contributed by atoms with E-state index in [2.05, 4.69) is 28.5 Å². The van der Waals surface area contributed by atoms with Gasteiger partial charge in [-0.15, -0.1) is 0 Å². The number of nitrogens with two attached hydrogens (primary N) is 1. The Morgan fingerprint density at radius 3 is 2.68 bits per heavy atom. The predicted octanol–water partition coefficient (Wildman–Crippen LogP) is 0.674. The van der Waals surface area contributed by atoms with Crippen LogP contribution in [0, 0.1) is 0 Å². The van der Waals surface area contributed by atoms with Gasteiger partial charge in [-0.05, 0) is 25.6 Å². The highest BCUT2D eigenvalue weighted by atomic mass is 32.2. The van der Waals surface area contributed by atoms with Gasteiger partial charge in [0.2, 0.25) is 10.0 Å². The summed E-state index contributed by atoms with van der Waals surface area (Å²) in [5.41, 5.74) is 5.85. The molecule has 1 heterocycles. The topological polar surface area (TPSA) is 88.3 Å². The highest BCUT2D eigenvalue weighted by Crippen LogP contribution is 2.14. The van der Waals surface area contributed by atoms with Crippen molar-refractivity contribution >= 4 is 15.7 Å². The number of hydrogen-bond acceptors (Lipinski definition) is 5. The number of likely N-dealkylation sites (N-methyl/N-ethyl adjacent to an activating group) is 1. The molecule has 0 aliphatic rings. The van der Waals surface area contributed by atoms with Gasteiger partial charge in [-0.3, -0.25) is 4.98 Å². The van der Waals surface area contributed by atoms with Crippen molar-refractivity contribution in [2.45, 2.75) is 25.2 Å². The molecule has 0 spiro atoms. The van der Waals surface area contributed by atoms with Gasteiger partial charge in [0.05, 0.1) is 5.69 Å². The zero-order chi connectivity index (χ0) is 14.3. The Labute approximate surface area is 115 Å². The molecule has 19 heavy (non-hydrogen) atoms. The third-order valence-electron chi connectivity index (χ3n) is 2.81. The number of nitrogens with one attached hydrogen (secondary N) is 1. The summed E-state index contributed by atoms with van der Waals surface area (Å²) < 4.78 is 26.6. The summed E-state index contributed by atoms with van der Waals surface area (Å²) in [5.74, 6) is 0. The molecule has 0 aliphatic carbocycles. The Morgan fingerprint density at radius 2 is 2.11 bits per heavy atom. The van der Waals surface area contributed by atoms with Crippen LogP contribution in [-0.2, 0) is 10.0 Å². The van der Waals surface area contributed by atoms with Crippen molar-refractivity contribution in [2.24, 2.45) is 0 Å². The molecule has 0 unspecified atom stereocenters. The lowest BCUT2D eigenvalue weighted by molar-refractivity contribution is 0.293. The van der Waals surface area contributed by atoms with E-state index in [9.17, 15) is 8.42 Å². The van der Waals surface area contributed by atoms with E-state index < -0.39 is 10.0 Å². The smallest absolute Gasteiger partial charge is 0.244 e. The molecule has 7 heteroatoms. The minimum Gasteiger partial charge on any atom is -0.398 e. The SMILES string of the molecule is CCCN(CC)CCNS(=O)(=O)c1cnccc1N. The normalized spacial score (nSPS) is 11.9. The third kappa shape index (κ3) is 4.77. The van der Waals surface area contributed by atoms with Gasteiger partial charge in [0.1, 0.15) is 4.90 Å². The molecule has 0 saturated heterocycles. The monoisotopic (exact) mass is 286 g/mol. The van der Waals surface area contributed by atoms with Gasteiger partial charge in [0.25, 0.3) is 0 Å². The van der Waals surface area contributed by atoms with Crippen LogP contribution >= 0.6 is 0 Å². The van der Waals surface area contributed by atoms with Gasteiger partial charge in [-0.2, -0.15) is 0 Å². The van der Waals surface area contributed by atoms with Gasteiger partial charge >= 0.3 is 0 Å². The molecule has 0 aromatic carbocycles. The summed E-state index contributed by atoms with van der Waals surface area (Å²) in [6, 6.07) is 1.48. The zero-order valence-corrected chi connectivity index (χ0v) is 12.3. The second kappa shape index (κ2) is 7.42. The Kier molecular flexibility index (Phi) is 6.20. The number of anilines is 1. The summed E-state index contributed by atoms with van der Waals surface area (Å²) in [7, 11) is -3.57. The fourth-order valence-corrected chi connectivity index (χ4v) is 2.87. The van der Waals surface area contributed by atoms with Crippen LogP contribution in [0.5, 0.6) is 0 Å². The lowest BCUT2D eigenvalue weighted by Gasteiger charge is -2.19. The van der Waals surface area contributed by atoms with Crippen molar-refractivity contribution < 1.29 is 8.42 Å². The van der Waals surface area contributed by atoms with Crippen molar-refractivity contribution in [3.8, 4) is 0 Å². The molecule has 0 amide bonds. The summed E-state index contributed by atoms with van der Waals surface area (Å²) >= 11 is 0. The first kappa shape index (κ1) is 15.9. The van der Waals surface area contributed by atoms with Crippen LogP contribution in [0.15, 0.2) is 23.4 Å². The van der Waals surface area contributed by atoms with Gasteiger partial charge in [0.15, 0.2) is 0 Å². The van der Waals surface area contributed by atoms with E-state index in [-0.39, 0.29) is 10.6 Å². The van der Waals surface area contributed by atoms with E-state index >= 15 is 0 Å². The molecule has 6 nitrogen and oxygen atoms in total. The first-order valence-corrected chi connectivity index (χ1v) is 7.91. The van der Waals surface area contributed by atoms with E-state index in [0.29, 0.717) is 13.1 Å². The Balaban J connectivity index is 2.59. The number of rotatable bonds is 8. The van der Waals surface area contributed by atoms with E-state index in [1.54, 1.807) is 0 Å². The third-order valence-corrected chi connectivity index (χ3v) is 4.32. The lowest BCUT2D eigenvalue weighted by atomic mass is 10.4. The molecule has 0 fully saturated rings. The van der Waals surface area contributed by atoms with Crippen LogP contribution in [0.1, 0.15) is 20.3 Å². The summed E-state index contributed by atoms with van der Waals surface area (Å²) in [4.78, 5) is 6.02. The van der Waals surface area contributed by atoms with Gasteiger partial charge in [-0.25, -0.2) is 13.1 Å². The molecule has 1 aromatic rings. The fourth-order valence-electron chi connectivity index (χ4n) is 1.78. The van der Waals surface area contributed by atoms with Crippen molar-refractivity contribution in [3.05, 3.63) is 18.5 Å². The van der Waals surface area contributed by atoms with Crippen molar-refractivity contribution in [1.29, 1.82) is 0 Å². The van der Waals surface area contributed by atoms with Crippen molar-refractivity contribution in [1.82, 2.24) is 14.6 Å². The molecule has 0 atom stereocenters. The number of nitrogens with zero attached hydrogens (tertiary/aromatic N) is 2. The van der Waals surface area contributed by atoms with Crippen LogP contribution in [0.25, 0.3) is 0 Å². The molecule has 1 aromatic heterocycles. The standard InChI is InChI=1S/C12H22N4O2S/c1-3-8-16(4-2)9-7-15-19(17,18)12-10-14-6-5-11(12)13/h5-6,10,15H,3-4,7-9H2,1-2H3,(H2,13,14). The maximum atomic E-state index is 12.0. The van der Waals surface area contributed by atoms with Crippen molar-refractivity contribution in [3.63, 3.8) is 0 Å². The van der Waals surface area contributed by atoms with Crippen LogP contribution < -0.4 is 10.5 Å². The Bertz CT molecular complexity index is 490. The van der Waals surface area contributed by atoms with Gasteiger partial charge in [0, 0.05) is 25.5 Å². The fraction of sp³-hybridized carbons (Fsp3) is 0.583. The van der Waals surface area contributed by atoms with Crippen molar-refractivity contribution in [2.75, 3.05) is 31.9 Å². The molecule has 0 radical (unpaired) electrons. The number of aromatic nitrogens is 1. The van der Waals surface area contributed by atoms with E-state index in [0.717, 1.165) is 19.5 Å². The zero-order valence-electron chi connectivity index (χ0n) is 11.5. The van der Waals surface area contributed by atoms with E-state index in [1.807, 2.05) is 0 Å². The van der Waals surface area contributed by atoms with Crippen LogP contribution in [0.3, 0.4) is 0 Å². The van der Waals surface area contributed by atoms with Crippen LogP contribution in [0.2, 0.25) is 0 Å². The number of nitrogen functional groups attached to an aromatic ring is 1. The maximum absolute atomic E-state index is 12.0. The largest absolute Gasteiger partial charge is 0.398 e. The Hall–Kier alpha value is -1.18. The highest BCUT2D eigenvalue weighted by Gasteiger charge is 2.17. The molecule has 108 valence electrons. The molecule has 1 rings (SSSR count). The average molecular weight is 286 g/mol. The lowest BCUT2D eigenvalue weighted by Crippen LogP contribution is -2.35. The maximum Gasteiger partial charge on any atom is 0.244 e. The molecule has 0 saturated carbocycles. The van der Waals surface area contributed by atoms with Gasteiger partial charge < -0.3 is 10.6 Å². The molecule has 0 bridgehead atoms. The first-order chi connectivity index (χ1) is 9.01. The summed E-state index contributed by atoms with van der Waals surface area (Å²) in [5, 5.41) is 0. The van der Waals surface area contributed by atoms with Crippen LogP contribution in [-0.4, -0.2) is 44.5 Å². The quantitative estimate of drug-likeness (QED) is 0.733. The van der Waals surface area contributed by atoms with E-state index in [4.69, 9.17) is 5.73 Å². The predicted molar refractivity (Wildman–Crippen MR) is 76.2 cm³/mol. The minimum atomic E-state index is -3.57. The highest BCUT2D eigenvalue weighted by molar-refractivity contribution is 7.89. The number of hydrogen-bond donors (Lipinski definition) is 2. The average Bonchev–Trinajstić information content (AvgIpc) is 2.38. The van der Waals surface area contributed by atoms with Crippen LogP contribution in [0.4, 0.5) is 5.69 Å². The molecule has 3 N–H and O–H groups in total. The minimum absolute atomic E-state index is 0.0357. The first-order valence-electron chi connectivity index (χ1n) is 6.42.